The van der Waals surface area contributed by atoms with Gasteiger partial charge in [-0.3, -0.25) is 4.90 Å². The van der Waals surface area contributed by atoms with E-state index in [0.29, 0.717) is 12.4 Å². The molecule has 0 amide bonds. The summed E-state index contributed by atoms with van der Waals surface area (Å²) in [5.41, 5.74) is 1.26. The second-order valence-corrected chi connectivity index (χ2v) is 7.53. The first-order valence-corrected chi connectivity index (χ1v) is 10.4. The first-order chi connectivity index (χ1) is 13.7. The Kier molecular flexibility index (Phi) is 10.1. The number of halogens is 1. The lowest BCUT2D eigenvalue weighted by atomic mass is 10.1. The highest BCUT2D eigenvalue weighted by atomic mass is 32.2. The number of nitrogens with zero attached hydrogens (tertiary/aromatic N) is 3. The molecule has 0 N–H and O–H groups in total. The maximum absolute atomic E-state index is 12.9. The van der Waals surface area contributed by atoms with E-state index in [9.17, 15) is 4.39 Å². The highest BCUT2D eigenvalue weighted by Gasteiger charge is 2.21. The molecule has 0 unspecified atom stereocenters. The Labute approximate surface area is 184 Å². The summed E-state index contributed by atoms with van der Waals surface area (Å²) in [7, 11) is 1.98. The summed E-state index contributed by atoms with van der Waals surface area (Å²) >= 11 is 1.26. The van der Waals surface area contributed by atoms with Crippen LogP contribution < -0.4 is 8.92 Å². The van der Waals surface area contributed by atoms with Gasteiger partial charge in [-0.15, -0.1) is 0 Å². The lowest BCUT2D eigenvalue weighted by Crippen LogP contribution is -2.51. The highest BCUT2D eigenvalue weighted by molar-refractivity contribution is 7.92. The van der Waals surface area contributed by atoms with Crippen LogP contribution in [0.3, 0.4) is 0 Å². The van der Waals surface area contributed by atoms with Crippen LogP contribution in [0, 0.1) is 5.82 Å². The standard InChI is InChI=1S/C21H28FN3O2S.H2S/c1-3-18-6-4-5-7-21(18)26-17-16-24-12-14-25(15-13-24)23(2)28-27-20-10-8-19(22)9-11-20;/h4-11H,3,12-17H2,1-2H3;1H2. The average molecular weight is 440 g/mol. The number of aryl methyl sites for hydroxylation is 1. The normalized spacial score (nSPS) is 15.2. The molecule has 0 atom stereocenters. The zero-order chi connectivity index (χ0) is 19.8. The molecule has 2 aromatic rings. The number of hydrogen-bond donors (Lipinski definition) is 0. The van der Waals surface area contributed by atoms with Gasteiger partial charge in [0.1, 0.15) is 23.9 Å². The zero-order valence-electron chi connectivity index (χ0n) is 17.0. The molecule has 2 aromatic carbocycles. The Morgan fingerprint density at radius 2 is 1.72 bits per heavy atom. The van der Waals surface area contributed by atoms with Crippen molar-refractivity contribution in [2.45, 2.75) is 13.3 Å². The number of hydrazine groups is 1. The van der Waals surface area contributed by atoms with Crippen molar-refractivity contribution >= 4 is 25.7 Å². The van der Waals surface area contributed by atoms with Gasteiger partial charge < -0.3 is 8.92 Å². The smallest absolute Gasteiger partial charge is 0.162 e. The van der Waals surface area contributed by atoms with Gasteiger partial charge in [-0.2, -0.15) is 17.9 Å². The van der Waals surface area contributed by atoms with Crippen LogP contribution in [0.1, 0.15) is 12.5 Å². The fraction of sp³-hybridized carbons (Fsp3) is 0.429. The predicted molar refractivity (Wildman–Crippen MR) is 122 cm³/mol. The molecule has 29 heavy (non-hydrogen) atoms. The molecule has 1 aliphatic heterocycles. The summed E-state index contributed by atoms with van der Waals surface area (Å²) in [5, 5.41) is 2.25. The van der Waals surface area contributed by atoms with Gasteiger partial charge in [0, 0.05) is 39.8 Å². The maximum atomic E-state index is 12.9. The van der Waals surface area contributed by atoms with E-state index < -0.39 is 0 Å². The minimum atomic E-state index is -0.260. The van der Waals surface area contributed by atoms with Crippen molar-refractivity contribution in [3.8, 4) is 11.5 Å². The van der Waals surface area contributed by atoms with Crippen molar-refractivity contribution in [2.24, 2.45) is 0 Å². The van der Waals surface area contributed by atoms with Gasteiger partial charge in [-0.1, -0.05) is 25.1 Å². The van der Waals surface area contributed by atoms with E-state index in [4.69, 9.17) is 8.92 Å². The van der Waals surface area contributed by atoms with Crippen LogP contribution in [0.15, 0.2) is 48.5 Å². The van der Waals surface area contributed by atoms with Crippen LogP contribution in [0.2, 0.25) is 0 Å². The van der Waals surface area contributed by atoms with E-state index >= 15 is 0 Å². The lowest BCUT2D eigenvalue weighted by Gasteiger charge is -2.37. The molecule has 0 aliphatic carbocycles. The number of piperazine rings is 1. The van der Waals surface area contributed by atoms with E-state index in [-0.39, 0.29) is 19.3 Å². The number of para-hydroxylation sites is 1. The monoisotopic (exact) mass is 439 g/mol. The number of rotatable bonds is 9. The summed E-state index contributed by atoms with van der Waals surface area (Å²) < 4.78 is 26.6. The van der Waals surface area contributed by atoms with Gasteiger partial charge in [0.2, 0.25) is 0 Å². The van der Waals surface area contributed by atoms with Crippen molar-refractivity contribution in [2.75, 3.05) is 46.4 Å². The SMILES string of the molecule is CCc1ccccc1OCCN1CCN(N(C)SOc2ccc(F)cc2)CC1.S. The highest BCUT2D eigenvalue weighted by Crippen LogP contribution is 2.21. The molecule has 1 aliphatic rings. The Bertz CT molecular complexity index is 728. The minimum Gasteiger partial charge on any atom is -0.492 e. The molecular formula is C21H30FN3O2S2. The average Bonchev–Trinajstić information content (AvgIpc) is 2.74. The van der Waals surface area contributed by atoms with Crippen molar-refractivity contribution in [3.05, 3.63) is 59.9 Å². The first kappa shape index (κ1) is 23.8. The fourth-order valence-electron chi connectivity index (χ4n) is 3.10. The molecular weight excluding hydrogens is 409 g/mol. The van der Waals surface area contributed by atoms with Crippen LogP contribution in [-0.2, 0) is 6.42 Å². The predicted octanol–water partition coefficient (Wildman–Crippen LogP) is 3.99. The van der Waals surface area contributed by atoms with Crippen LogP contribution in [0.5, 0.6) is 11.5 Å². The number of ether oxygens (including phenoxy) is 1. The van der Waals surface area contributed by atoms with E-state index in [1.165, 1.54) is 29.9 Å². The minimum absolute atomic E-state index is 0. The Balaban J connectivity index is 0.00000300. The van der Waals surface area contributed by atoms with Crippen molar-refractivity contribution < 1.29 is 13.3 Å². The summed E-state index contributed by atoms with van der Waals surface area (Å²) in [5.74, 6) is 1.38. The molecule has 3 rings (SSSR count). The van der Waals surface area contributed by atoms with Crippen LogP contribution in [-0.4, -0.2) is 60.7 Å². The molecule has 1 fully saturated rings. The summed E-state index contributed by atoms with van der Waals surface area (Å²) in [6, 6.07) is 14.3. The van der Waals surface area contributed by atoms with E-state index in [2.05, 4.69) is 29.0 Å². The van der Waals surface area contributed by atoms with Gasteiger partial charge >= 0.3 is 0 Å². The van der Waals surface area contributed by atoms with Gasteiger partial charge in [0.05, 0.1) is 0 Å². The Morgan fingerprint density at radius 3 is 2.41 bits per heavy atom. The Hall–Kier alpha value is -1.45. The molecule has 0 aromatic heterocycles. The molecule has 0 bridgehead atoms. The molecule has 5 nitrogen and oxygen atoms in total. The number of benzene rings is 2. The molecule has 0 spiro atoms. The van der Waals surface area contributed by atoms with Crippen LogP contribution >= 0.6 is 25.7 Å². The maximum Gasteiger partial charge on any atom is 0.162 e. The van der Waals surface area contributed by atoms with Gasteiger partial charge in [0.25, 0.3) is 0 Å². The third-order valence-electron chi connectivity index (χ3n) is 4.82. The second kappa shape index (κ2) is 12.3. The topological polar surface area (TPSA) is 28.2 Å². The number of hydrogen-bond acceptors (Lipinski definition) is 6. The summed E-state index contributed by atoms with van der Waals surface area (Å²) in [6.07, 6.45) is 0.985. The van der Waals surface area contributed by atoms with Crippen molar-refractivity contribution in [1.29, 1.82) is 0 Å². The molecule has 0 saturated carbocycles. The third-order valence-corrected chi connectivity index (χ3v) is 5.53. The van der Waals surface area contributed by atoms with Gasteiger partial charge in [-0.25, -0.2) is 9.40 Å². The van der Waals surface area contributed by atoms with Crippen LogP contribution in [0.4, 0.5) is 4.39 Å². The van der Waals surface area contributed by atoms with E-state index in [1.54, 1.807) is 12.1 Å². The third kappa shape index (κ3) is 7.38. The second-order valence-electron chi connectivity index (χ2n) is 6.68. The Morgan fingerprint density at radius 1 is 1.03 bits per heavy atom. The molecule has 8 heteroatoms. The largest absolute Gasteiger partial charge is 0.492 e. The fourth-order valence-corrected chi connectivity index (χ4v) is 3.66. The molecule has 160 valence electrons. The molecule has 0 radical (unpaired) electrons. The van der Waals surface area contributed by atoms with Crippen LogP contribution in [0.25, 0.3) is 0 Å². The first-order valence-electron chi connectivity index (χ1n) is 9.67. The quantitative estimate of drug-likeness (QED) is 0.433. The zero-order valence-corrected chi connectivity index (χ0v) is 18.8. The van der Waals surface area contributed by atoms with Crippen molar-refractivity contribution in [3.63, 3.8) is 0 Å². The van der Waals surface area contributed by atoms with Crippen molar-refractivity contribution in [1.82, 2.24) is 14.3 Å². The van der Waals surface area contributed by atoms with Gasteiger partial charge in [-0.05, 0) is 42.3 Å². The van der Waals surface area contributed by atoms with E-state index in [1.807, 2.05) is 23.6 Å². The molecule has 1 saturated heterocycles. The summed E-state index contributed by atoms with van der Waals surface area (Å²) in [4.78, 5) is 2.42. The molecule has 1 heterocycles. The van der Waals surface area contributed by atoms with E-state index in [0.717, 1.165) is 44.9 Å². The lowest BCUT2D eigenvalue weighted by molar-refractivity contribution is 0.0247. The van der Waals surface area contributed by atoms with Gasteiger partial charge in [0.15, 0.2) is 12.2 Å². The summed E-state index contributed by atoms with van der Waals surface area (Å²) in [6.45, 7) is 7.62.